The number of nitrogens with zero attached hydrogens (tertiary/aromatic N) is 2. The van der Waals surface area contributed by atoms with E-state index >= 15 is 0 Å². The van der Waals surface area contributed by atoms with Gasteiger partial charge in [-0.2, -0.15) is 0 Å². The van der Waals surface area contributed by atoms with Crippen LogP contribution < -0.4 is 10.2 Å². The fraction of sp³-hybridized carbons (Fsp3) is 0.200. The fourth-order valence-corrected chi connectivity index (χ4v) is 3.91. The summed E-state index contributed by atoms with van der Waals surface area (Å²) in [5.74, 6) is 0. The molecule has 3 heterocycles. The minimum Gasteiger partial charge on any atom is -0.363 e. The number of pyridine rings is 1. The number of aromatic amines is 1. The number of benzene rings is 1. The van der Waals surface area contributed by atoms with Gasteiger partial charge >= 0.3 is 0 Å². The molecule has 1 saturated heterocycles. The Labute approximate surface area is 152 Å². The number of aromatic nitrogens is 2. The number of hydrogen-bond donors (Lipinski definition) is 2. The van der Waals surface area contributed by atoms with E-state index in [2.05, 4.69) is 58.3 Å². The van der Waals surface area contributed by atoms with Crippen molar-refractivity contribution in [2.75, 3.05) is 4.90 Å². The molecule has 0 aliphatic carbocycles. The Morgan fingerprint density at radius 3 is 2.48 bits per heavy atom. The van der Waals surface area contributed by atoms with Crippen LogP contribution in [0.25, 0.3) is 0 Å². The lowest BCUT2D eigenvalue weighted by molar-refractivity contribution is 0.558. The van der Waals surface area contributed by atoms with Crippen molar-refractivity contribution in [3.63, 3.8) is 0 Å². The quantitative estimate of drug-likeness (QED) is 0.696. The highest BCUT2D eigenvalue weighted by Crippen LogP contribution is 2.41. The van der Waals surface area contributed by atoms with Gasteiger partial charge in [-0.15, -0.1) is 0 Å². The van der Waals surface area contributed by atoms with Gasteiger partial charge in [0.25, 0.3) is 0 Å². The molecule has 2 N–H and O–H groups in total. The molecular weight excluding hydrogens is 328 g/mol. The zero-order chi connectivity index (χ0) is 17.4. The summed E-state index contributed by atoms with van der Waals surface area (Å²) in [6.07, 6.45) is 3.77. The van der Waals surface area contributed by atoms with Crippen LogP contribution in [-0.2, 0) is 0 Å². The van der Waals surface area contributed by atoms with Crippen molar-refractivity contribution in [3.05, 3.63) is 83.4 Å². The van der Waals surface area contributed by atoms with Gasteiger partial charge in [0.2, 0.25) is 0 Å². The summed E-state index contributed by atoms with van der Waals surface area (Å²) < 4.78 is 0. The van der Waals surface area contributed by atoms with Gasteiger partial charge in [-0.3, -0.25) is 4.98 Å². The summed E-state index contributed by atoms with van der Waals surface area (Å²) in [5, 5.41) is 4.19. The molecule has 4 rings (SSSR count). The maximum Gasteiger partial charge on any atom is 0.174 e. The van der Waals surface area contributed by atoms with Gasteiger partial charge in [-0.1, -0.05) is 12.1 Å². The molecule has 4 nitrogen and oxygen atoms in total. The van der Waals surface area contributed by atoms with Crippen LogP contribution in [0.5, 0.6) is 0 Å². The standard InChI is InChI=1S/C20H20N4S/c1-13-10-14(2)12-15(11-13)24-19(17-7-5-9-22-17)18(23-20(24)25)16-6-3-4-8-21-16/h3-12,18-19,22H,1-2H3,(H,23,25)/t18-,19+/m1/s1. The smallest absolute Gasteiger partial charge is 0.174 e. The van der Waals surface area contributed by atoms with Crippen LogP contribution in [0.15, 0.2) is 60.9 Å². The lowest BCUT2D eigenvalue weighted by atomic mass is 10.0. The summed E-state index contributed by atoms with van der Waals surface area (Å²) in [6, 6.07) is 16.7. The lowest BCUT2D eigenvalue weighted by Crippen LogP contribution is -2.29. The summed E-state index contributed by atoms with van der Waals surface area (Å²) >= 11 is 5.71. The van der Waals surface area contributed by atoms with Gasteiger partial charge in [-0.05, 0) is 73.6 Å². The van der Waals surface area contributed by atoms with Gasteiger partial charge in [0, 0.05) is 23.8 Å². The van der Waals surface area contributed by atoms with E-state index in [0.717, 1.165) is 22.2 Å². The van der Waals surface area contributed by atoms with Crippen LogP contribution in [0.4, 0.5) is 5.69 Å². The first-order chi connectivity index (χ1) is 12.1. The van der Waals surface area contributed by atoms with E-state index in [1.54, 1.807) is 0 Å². The highest BCUT2D eigenvalue weighted by Gasteiger charge is 2.41. The van der Waals surface area contributed by atoms with Crippen LogP contribution in [0, 0.1) is 13.8 Å². The van der Waals surface area contributed by atoms with Crippen molar-refractivity contribution in [2.45, 2.75) is 25.9 Å². The molecule has 25 heavy (non-hydrogen) atoms. The zero-order valence-electron chi connectivity index (χ0n) is 14.2. The highest BCUT2D eigenvalue weighted by molar-refractivity contribution is 7.80. The molecule has 1 aromatic carbocycles. The fourth-order valence-electron chi connectivity index (χ4n) is 3.57. The maximum absolute atomic E-state index is 5.71. The normalized spacial score (nSPS) is 19.9. The Hall–Kier alpha value is -2.66. The first-order valence-corrected chi connectivity index (χ1v) is 8.76. The molecule has 0 unspecified atom stereocenters. The minimum absolute atomic E-state index is 0.00633. The monoisotopic (exact) mass is 348 g/mol. The van der Waals surface area contributed by atoms with Gasteiger partial charge in [0.15, 0.2) is 5.11 Å². The third-order valence-electron chi connectivity index (χ3n) is 4.52. The molecule has 0 amide bonds. The van der Waals surface area contributed by atoms with E-state index in [0.29, 0.717) is 0 Å². The highest BCUT2D eigenvalue weighted by atomic mass is 32.1. The maximum atomic E-state index is 5.71. The third-order valence-corrected chi connectivity index (χ3v) is 4.84. The van der Waals surface area contributed by atoms with Crippen LogP contribution in [0.2, 0.25) is 0 Å². The van der Waals surface area contributed by atoms with Crippen LogP contribution in [0.1, 0.15) is 34.6 Å². The van der Waals surface area contributed by atoms with Crippen LogP contribution in [-0.4, -0.2) is 15.1 Å². The molecule has 2 aromatic heterocycles. The summed E-state index contributed by atoms with van der Waals surface area (Å²) in [4.78, 5) is 10.1. The number of H-pyrrole nitrogens is 1. The van der Waals surface area contributed by atoms with E-state index in [4.69, 9.17) is 12.2 Å². The van der Waals surface area contributed by atoms with Crippen molar-refractivity contribution in [3.8, 4) is 0 Å². The van der Waals surface area contributed by atoms with Crippen LogP contribution >= 0.6 is 12.2 Å². The minimum atomic E-state index is -0.00633. The number of anilines is 1. The Morgan fingerprint density at radius 2 is 1.84 bits per heavy atom. The zero-order valence-corrected chi connectivity index (χ0v) is 15.0. The molecular formula is C20H20N4S. The topological polar surface area (TPSA) is 44.0 Å². The summed E-state index contributed by atoms with van der Waals surface area (Å²) in [6.45, 7) is 4.23. The third kappa shape index (κ3) is 2.91. The number of hydrogen-bond acceptors (Lipinski definition) is 2. The molecule has 126 valence electrons. The lowest BCUT2D eigenvalue weighted by Gasteiger charge is -2.27. The van der Waals surface area contributed by atoms with E-state index in [1.807, 2.05) is 36.7 Å². The predicted octanol–water partition coefficient (Wildman–Crippen LogP) is 4.20. The molecule has 0 bridgehead atoms. The molecule has 0 saturated carbocycles. The Morgan fingerprint density at radius 1 is 1.04 bits per heavy atom. The van der Waals surface area contributed by atoms with Gasteiger partial charge in [-0.25, -0.2) is 0 Å². The number of rotatable bonds is 3. The SMILES string of the molecule is Cc1cc(C)cc(N2C(=S)N[C@H](c3ccccn3)[C@@H]2c2ccc[nH]2)c1. The van der Waals surface area contributed by atoms with E-state index in [1.165, 1.54) is 11.1 Å². The number of aryl methyl sites for hydroxylation is 2. The second-order valence-corrected chi connectivity index (χ2v) is 6.85. The van der Waals surface area contributed by atoms with Gasteiger partial charge < -0.3 is 15.2 Å². The van der Waals surface area contributed by atoms with Crippen molar-refractivity contribution in [1.29, 1.82) is 0 Å². The average molecular weight is 348 g/mol. The Kier molecular flexibility index (Phi) is 4.01. The molecule has 3 aromatic rings. The number of nitrogens with one attached hydrogen (secondary N) is 2. The average Bonchev–Trinajstić information content (AvgIpc) is 3.22. The van der Waals surface area contributed by atoms with Crippen molar-refractivity contribution in [1.82, 2.24) is 15.3 Å². The second-order valence-electron chi connectivity index (χ2n) is 6.47. The second kappa shape index (κ2) is 6.33. The molecule has 5 heteroatoms. The number of thiocarbonyl (C=S) groups is 1. The van der Waals surface area contributed by atoms with E-state index < -0.39 is 0 Å². The largest absolute Gasteiger partial charge is 0.363 e. The molecule has 1 fully saturated rings. The first-order valence-electron chi connectivity index (χ1n) is 8.36. The first kappa shape index (κ1) is 15.8. The predicted molar refractivity (Wildman–Crippen MR) is 105 cm³/mol. The molecule has 2 atom stereocenters. The van der Waals surface area contributed by atoms with Gasteiger partial charge in [0.1, 0.15) is 6.04 Å². The van der Waals surface area contributed by atoms with Gasteiger partial charge in [0.05, 0.1) is 11.7 Å². The van der Waals surface area contributed by atoms with E-state index in [-0.39, 0.29) is 12.1 Å². The Balaban J connectivity index is 1.83. The molecule has 1 aliphatic rings. The van der Waals surface area contributed by atoms with Crippen molar-refractivity contribution >= 4 is 23.0 Å². The summed E-state index contributed by atoms with van der Waals surface area (Å²) in [7, 11) is 0. The molecule has 0 spiro atoms. The van der Waals surface area contributed by atoms with Crippen molar-refractivity contribution < 1.29 is 0 Å². The van der Waals surface area contributed by atoms with Crippen molar-refractivity contribution in [2.24, 2.45) is 0 Å². The summed E-state index contributed by atoms with van der Waals surface area (Å²) in [5.41, 5.74) is 5.65. The van der Waals surface area contributed by atoms with E-state index in [9.17, 15) is 0 Å². The van der Waals surface area contributed by atoms with Crippen LogP contribution in [0.3, 0.4) is 0 Å². The Bertz CT molecular complexity index is 869. The molecule has 1 aliphatic heterocycles. The molecule has 0 radical (unpaired) electrons.